The van der Waals surface area contributed by atoms with Crippen molar-refractivity contribution in [3.8, 4) is 0 Å². The smallest absolute Gasteiger partial charge is 0.237 e. The monoisotopic (exact) mass is 355 g/mol. The third-order valence-corrected chi connectivity index (χ3v) is 5.19. The third kappa shape index (κ3) is 5.18. The molecule has 1 aromatic carbocycles. The highest BCUT2D eigenvalue weighted by atomic mass is 16.2. The lowest BCUT2D eigenvalue weighted by molar-refractivity contribution is -0.134. The summed E-state index contributed by atoms with van der Waals surface area (Å²) in [6.45, 7) is 4.78. The number of piperazine rings is 1. The van der Waals surface area contributed by atoms with Gasteiger partial charge in [-0.25, -0.2) is 0 Å². The van der Waals surface area contributed by atoms with E-state index in [1.54, 1.807) is 0 Å². The van der Waals surface area contributed by atoms with Crippen molar-refractivity contribution < 1.29 is 9.59 Å². The number of carbonyl (C=O) groups is 2. The Hall–Kier alpha value is -2.14. The first-order valence-corrected chi connectivity index (χ1v) is 9.64. The topological polar surface area (TPSA) is 61.4 Å². The van der Waals surface area contributed by atoms with Gasteiger partial charge < -0.3 is 10.6 Å². The predicted octanol–water partition coefficient (Wildman–Crippen LogP) is 2.30. The van der Waals surface area contributed by atoms with Crippen molar-refractivity contribution in [1.29, 1.82) is 0 Å². The molecule has 1 saturated heterocycles. The van der Waals surface area contributed by atoms with Gasteiger partial charge in [0.05, 0.1) is 12.5 Å². The lowest BCUT2D eigenvalue weighted by atomic mass is 9.99. The van der Waals surface area contributed by atoms with Crippen LogP contribution in [0.2, 0.25) is 0 Å². The van der Waals surface area contributed by atoms with Crippen molar-refractivity contribution in [3.05, 3.63) is 47.0 Å². The van der Waals surface area contributed by atoms with Crippen LogP contribution < -0.4 is 10.6 Å². The highest BCUT2D eigenvalue weighted by Gasteiger charge is 2.31. The zero-order valence-electron chi connectivity index (χ0n) is 15.6. The fraction of sp³-hybridized carbons (Fsp3) is 0.524. The molecule has 0 saturated carbocycles. The number of aryl methyl sites for hydroxylation is 1. The van der Waals surface area contributed by atoms with Crippen molar-refractivity contribution >= 4 is 11.8 Å². The van der Waals surface area contributed by atoms with E-state index in [2.05, 4.69) is 46.7 Å². The summed E-state index contributed by atoms with van der Waals surface area (Å²) < 4.78 is 0. The Morgan fingerprint density at radius 2 is 2.23 bits per heavy atom. The van der Waals surface area contributed by atoms with Gasteiger partial charge >= 0.3 is 0 Å². The van der Waals surface area contributed by atoms with Crippen LogP contribution in [0, 0.1) is 6.92 Å². The maximum Gasteiger partial charge on any atom is 0.237 e. The lowest BCUT2D eigenvalue weighted by Gasteiger charge is -2.34. The molecule has 1 aliphatic heterocycles. The quantitative estimate of drug-likeness (QED) is 0.770. The van der Waals surface area contributed by atoms with E-state index >= 15 is 0 Å². The van der Waals surface area contributed by atoms with Gasteiger partial charge in [-0.3, -0.25) is 14.5 Å². The van der Waals surface area contributed by atoms with Crippen LogP contribution in [0.15, 0.2) is 35.9 Å². The van der Waals surface area contributed by atoms with Crippen LogP contribution in [0.4, 0.5) is 0 Å². The molecule has 5 nitrogen and oxygen atoms in total. The SMILES string of the molecule is Cc1cccc(CN2CCNC(=O)C2CC(=O)NCC2=CCCCC2)c1. The van der Waals surface area contributed by atoms with E-state index in [9.17, 15) is 9.59 Å². The Labute approximate surface area is 155 Å². The lowest BCUT2D eigenvalue weighted by Crippen LogP contribution is -2.56. The molecular weight excluding hydrogens is 326 g/mol. The highest BCUT2D eigenvalue weighted by Crippen LogP contribution is 2.17. The molecule has 5 heteroatoms. The van der Waals surface area contributed by atoms with Gasteiger partial charge in [-0.15, -0.1) is 0 Å². The fourth-order valence-electron chi connectivity index (χ4n) is 3.74. The molecule has 1 aromatic rings. The molecular formula is C21H29N3O2. The Kier molecular flexibility index (Phi) is 6.45. The van der Waals surface area contributed by atoms with E-state index in [1.165, 1.54) is 29.5 Å². The van der Waals surface area contributed by atoms with Gasteiger partial charge in [-0.2, -0.15) is 0 Å². The normalized spacial score (nSPS) is 21.0. The first-order chi connectivity index (χ1) is 12.6. The second-order valence-electron chi connectivity index (χ2n) is 7.36. The van der Waals surface area contributed by atoms with Gasteiger partial charge in [-0.1, -0.05) is 41.5 Å². The Balaban J connectivity index is 1.58. The molecule has 26 heavy (non-hydrogen) atoms. The van der Waals surface area contributed by atoms with E-state index in [0.717, 1.165) is 19.4 Å². The molecule has 140 valence electrons. The van der Waals surface area contributed by atoms with Gasteiger partial charge in [0, 0.05) is 26.2 Å². The van der Waals surface area contributed by atoms with Crippen LogP contribution in [0.1, 0.15) is 43.2 Å². The third-order valence-electron chi connectivity index (χ3n) is 5.19. The molecule has 2 amide bonds. The van der Waals surface area contributed by atoms with Crippen molar-refractivity contribution in [1.82, 2.24) is 15.5 Å². The minimum Gasteiger partial charge on any atom is -0.353 e. The summed E-state index contributed by atoms with van der Waals surface area (Å²) in [6.07, 6.45) is 7.08. The number of benzene rings is 1. The number of rotatable bonds is 6. The number of hydrogen-bond donors (Lipinski definition) is 2. The Bertz CT molecular complexity index is 684. The molecule has 0 bridgehead atoms. The number of amides is 2. The maximum atomic E-state index is 12.4. The molecule has 0 aromatic heterocycles. The highest BCUT2D eigenvalue weighted by molar-refractivity contribution is 5.88. The van der Waals surface area contributed by atoms with Crippen molar-refractivity contribution in [2.24, 2.45) is 0 Å². The molecule has 1 heterocycles. The van der Waals surface area contributed by atoms with Gasteiger partial charge in [0.15, 0.2) is 0 Å². The average Bonchev–Trinajstić information content (AvgIpc) is 2.64. The van der Waals surface area contributed by atoms with Crippen LogP contribution in [0.5, 0.6) is 0 Å². The molecule has 2 N–H and O–H groups in total. The van der Waals surface area contributed by atoms with Crippen molar-refractivity contribution in [3.63, 3.8) is 0 Å². The van der Waals surface area contributed by atoms with Crippen LogP contribution >= 0.6 is 0 Å². The summed E-state index contributed by atoms with van der Waals surface area (Å²) in [5.41, 5.74) is 3.70. The minimum absolute atomic E-state index is 0.0454. The summed E-state index contributed by atoms with van der Waals surface area (Å²) in [5, 5.41) is 5.90. The number of hydrogen-bond acceptors (Lipinski definition) is 3. The number of nitrogens with zero attached hydrogens (tertiary/aromatic N) is 1. The van der Waals surface area contributed by atoms with E-state index in [-0.39, 0.29) is 18.2 Å². The number of carbonyl (C=O) groups excluding carboxylic acids is 2. The molecule has 2 aliphatic rings. The van der Waals surface area contributed by atoms with Gasteiger partial charge in [0.2, 0.25) is 11.8 Å². The van der Waals surface area contributed by atoms with Crippen LogP contribution in [0.3, 0.4) is 0 Å². The van der Waals surface area contributed by atoms with E-state index in [0.29, 0.717) is 19.6 Å². The van der Waals surface area contributed by atoms with Crippen LogP contribution in [-0.4, -0.2) is 42.4 Å². The predicted molar refractivity (Wildman–Crippen MR) is 103 cm³/mol. The summed E-state index contributed by atoms with van der Waals surface area (Å²) in [6, 6.07) is 7.92. The number of allylic oxidation sites excluding steroid dienone is 1. The van der Waals surface area contributed by atoms with E-state index < -0.39 is 6.04 Å². The maximum absolute atomic E-state index is 12.4. The molecule has 1 atom stereocenters. The Morgan fingerprint density at radius 1 is 1.35 bits per heavy atom. The largest absolute Gasteiger partial charge is 0.353 e. The fourth-order valence-corrected chi connectivity index (χ4v) is 3.74. The second kappa shape index (κ2) is 8.99. The van der Waals surface area contributed by atoms with Crippen LogP contribution in [0.25, 0.3) is 0 Å². The van der Waals surface area contributed by atoms with Gasteiger partial charge in [0.25, 0.3) is 0 Å². The minimum atomic E-state index is -0.399. The summed E-state index contributed by atoms with van der Waals surface area (Å²) >= 11 is 0. The molecule has 3 rings (SSSR count). The summed E-state index contributed by atoms with van der Waals surface area (Å²) in [4.78, 5) is 26.9. The van der Waals surface area contributed by atoms with Gasteiger partial charge in [0.1, 0.15) is 0 Å². The molecule has 0 radical (unpaired) electrons. The van der Waals surface area contributed by atoms with Crippen LogP contribution in [-0.2, 0) is 16.1 Å². The Morgan fingerprint density at radius 3 is 3.00 bits per heavy atom. The second-order valence-corrected chi connectivity index (χ2v) is 7.36. The van der Waals surface area contributed by atoms with Crippen molar-refractivity contribution in [2.45, 2.75) is 51.6 Å². The molecule has 0 spiro atoms. The first-order valence-electron chi connectivity index (χ1n) is 9.64. The van der Waals surface area contributed by atoms with Gasteiger partial charge in [-0.05, 0) is 38.2 Å². The summed E-state index contributed by atoms with van der Waals surface area (Å²) in [5.74, 6) is -0.0938. The first kappa shape index (κ1) is 18.6. The summed E-state index contributed by atoms with van der Waals surface area (Å²) in [7, 11) is 0. The zero-order valence-corrected chi connectivity index (χ0v) is 15.6. The molecule has 1 aliphatic carbocycles. The van der Waals surface area contributed by atoms with E-state index in [4.69, 9.17) is 0 Å². The standard InChI is InChI=1S/C21H29N3O2/c1-16-6-5-9-18(12-16)15-24-11-10-22-21(26)19(24)13-20(25)23-14-17-7-3-2-4-8-17/h5-7,9,12,19H,2-4,8,10-11,13-15H2,1H3,(H,22,26)(H,23,25). The van der Waals surface area contributed by atoms with E-state index in [1.807, 2.05) is 6.07 Å². The molecule has 1 fully saturated rings. The average molecular weight is 355 g/mol. The molecule has 1 unspecified atom stereocenters. The number of nitrogens with one attached hydrogen (secondary N) is 2. The zero-order chi connectivity index (χ0) is 18.4. The van der Waals surface area contributed by atoms with Crippen molar-refractivity contribution in [2.75, 3.05) is 19.6 Å².